The molecule has 7 nitrogen and oxygen atoms in total. The van der Waals surface area contributed by atoms with E-state index in [0.29, 0.717) is 10.9 Å². The molecule has 1 aromatic carbocycles. The Bertz CT molecular complexity index is 1040. The Kier molecular flexibility index (Phi) is 6.70. The van der Waals surface area contributed by atoms with Crippen LogP contribution in [0.5, 0.6) is 0 Å². The smallest absolute Gasteiger partial charge is 0.250 e. The number of fused-ring (bicyclic) bond motifs is 1. The second kappa shape index (κ2) is 9.51. The molecule has 0 aromatic heterocycles. The van der Waals surface area contributed by atoms with Gasteiger partial charge in [-0.15, -0.1) is 0 Å². The average molecular weight is 469 g/mol. The van der Waals surface area contributed by atoms with E-state index in [0.717, 1.165) is 36.8 Å². The highest BCUT2D eigenvalue weighted by molar-refractivity contribution is 6.30. The fraction of sp³-hybridized carbons (Fsp3) is 0.440. The second-order valence-corrected chi connectivity index (χ2v) is 9.66. The van der Waals surface area contributed by atoms with E-state index in [4.69, 9.17) is 11.6 Å². The molecule has 4 rings (SSSR count). The van der Waals surface area contributed by atoms with Crippen LogP contribution in [0.2, 0.25) is 5.02 Å². The van der Waals surface area contributed by atoms with Crippen molar-refractivity contribution in [1.82, 2.24) is 15.1 Å². The van der Waals surface area contributed by atoms with Crippen molar-refractivity contribution < 1.29 is 14.4 Å². The number of hydrogen-bond donors (Lipinski definition) is 1. The van der Waals surface area contributed by atoms with Gasteiger partial charge in [-0.3, -0.25) is 14.4 Å². The van der Waals surface area contributed by atoms with Crippen molar-refractivity contribution in [2.45, 2.75) is 64.1 Å². The van der Waals surface area contributed by atoms with Gasteiger partial charge in [-0.25, -0.2) is 0 Å². The highest BCUT2D eigenvalue weighted by atomic mass is 35.5. The normalized spacial score (nSPS) is 22.5. The minimum atomic E-state index is -1.18. The van der Waals surface area contributed by atoms with Gasteiger partial charge in [0, 0.05) is 23.8 Å². The maximum atomic E-state index is 14.0. The standard InChI is InChI=1S/C25H29ClN4O3/c1-17-11-12-30-21(13-17)28-22(31)14-25(30,2)24(33)29(15-18-7-9-19(26)10-8-18)16-23(32)27-20-5-3-4-6-20/h7-13,20H,3-6,14-16H2,1-2H3,(H,27,32)/t25-/m0/s1. The molecule has 3 amide bonds. The van der Waals surface area contributed by atoms with E-state index < -0.39 is 5.54 Å². The molecule has 1 fully saturated rings. The monoisotopic (exact) mass is 468 g/mol. The van der Waals surface area contributed by atoms with Crippen LogP contribution in [0.15, 0.2) is 53.2 Å². The molecule has 2 aliphatic heterocycles. The Morgan fingerprint density at radius 3 is 2.64 bits per heavy atom. The van der Waals surface area contributed by atoms with Crippen molar-refractivity contribution in [3.63, 3.8) is 0 Å². The molecule has 174 valence electrons. The van der Waals surface area contributed by atoms with Crippen LogP contribution < -0.4 is 5.32 Å². The Balaban J connectivity index is 1.60. The summed E-state index contributed by atoms with van der Waals surface area (Å²) >= 11 is 6.02. The molecular weight excluding hydrogens is 440 g/mol. The number of halogens is 1. The quantitative estimate of drug-likeness (QED) is 0.691. The van der Waals surface area contributed by atoms with Crippen LogP contribution in [-0.4, -0.2) is 51.5 Å². The maximum absolute atomic E-state index is 14.0. The van der Waals surface area contributed by atoms with E-state index in [1.807, 2.05) is 25.1 Å². The number of hydrogen-bond acceptors (Lipinski definition) is 4. The number of aliphatic imine (C=N–C) groups is 1. The van der Waals surface area contributed by atoms with E-state index in [1.54, 1.807) is 36.2 Å². The summed E-state index contributed by atoms with van der Waals surface area (Å²) in [4.78, 5) is 46.7. The zero-order valence-electron chi connectivity index (χ0n) is 19.0. The largest absolute Gasteiger partial charge is 0.352 e. The lowest BCUT2D eigenvalue weighted by molar-refractivity contribution is -0.146. The van der Waals surface area contributed by atoms with E-state index in [1.165, 1.54) is 4.90 Å². The number of nitrogens with one attached hydrogen (secondary N) is 1. The fourth-order valence-corrected chi connectivity index (χ4v) is 4.81. The molecule has 0 saturated heterocycles. The summed E-state index contributed by atoms with van der Waals surface area (Å²) in [5.74, 6) is -0.381. The van der Waals surface area contributed by atoms with Crippen LogP contribution in [0.25, 0.3) is 0 Å². The van der Waals surface area contributed by atoms with Crippen LogP contribution in [0.3, 0.4) is 0 Å². The van der Waals surface area contributed by atoms with Gasteiger partial charge >= 0.3 is 0 Å². The lowest BCUT2D eigenvalue weighted by atomic mass is 9.89. The summed E-state index contributed by atoms with van der Waals surface area (Å²) in [6.45, 7) is 3.80. The molecule has 3 aliphatic rings. The highest BCUT2D eigenvalue weighted by Gasteiger charge is 2.47. The number of allylic oxidation sites excluding steroid dienone is 2. The maximum Gasteiger partial charge on any atom is 0.250 e. The van der Waals surface area contributed by atoms with Gasteiger partial charge in [0.25, 0.3) is 5.91 Å². The minimum absolute atomic E-state index is 0.0616. The summed E-state index contributed by atoms with van der Waals surface area (Å²) in [5, 5.41) is 3.66. The Labute approximate surface area is 199 Å². The molecule has 1 aromatic rings. The van der Waals surface area contributed by atoms with E-state index in [9.17, 15) is 14.4 Å². The van der Waals surface area contributed by atoms with E-state index in [2.05, 4.69) is 10.3 Å². The molecule has 1 N–H and O–H groups in total. The molecule has 0 spiro atoms. The molecule has 1 atom stereocenters. The summed E-state index contributed by atoms with van der Waals surface area (Å²) in [6.07, 6.45) is 9.55. The number of carbonyl (C=O) groups excluding carboxylic acids is 3. The molecular formula is C25H29ClN4O3. The highest BCUT2D eigenvalue weighted by Crippen LogP contribution is 2.31. The molecule has 0 bridgehead atoms. The minimum Gasteiger partial charge on any atom is -0.352 e. The molecule has 0 unspecified atom stereocenters. The van der Waals surface area contributed by atoms with Gasteiger partial charge < -0.3 is 15.1 Å². The molecule has 2 heterocycles. The van der Waals surface area contributed by atoms with Crippen molar-refractivity contribution in [2.24, 2.45) is 4.99 Å². The number of benzene rings is 1. The van der Waals surface area contributed by atoms with E-state index in [-0.39, 0.29) is 43.3 Å². The van der Waals surface area contributed by atoms with Crippen molar-refractivity contribution in [3.05, 3.63) is 58.8 Å². The number of nitrogens with zero attached hydrogens (tertiary/aromatic N) is 3. The van der Waals surface area contributed by atoms with Gasteiger partial charge in [0.05, 0.1) is 13.0 Å². The summed E-state index contributed by atoms with van der Waals surface area (Å²) in [5.41, 5.74) is 0.622. The topological polar surface area (TPSA) is 82.1 Å². The van der Waals surface area contributed by atoms with Crippen molar-refractivity contribution >= 4 is 35.2 Å². The molecule has 1 aliphatic carbocycles. The lowest BCUT2D eigenvalue weighted by Gasteiger charge is -2.44. The number of rotatable bonds is 6. The Morgan fingerprint density at radius 1 is 1.24 bits per heavy atom. The van der Waals surface area contributed by atoms with Gasteiger partial charge in [0.2, 0.25) is 11.8 Å². The van der Waals surface area contributed by atoms with Crippen LogP contribution >= 0.6 is 11.6 Å². The third kappa shape index (κ3) is 5.19. The van der Waals surface area contributed by atoms with Crippen molar-refractivity contribution in [2.75, 3.05) is 6.54 Å². The number of amides is 3. The van der Waals surface area contributed by atoms with Crippen molar-refractivity contribution in [3.8, 4) is 0 Å². The Morgan fingerprint density at radius 2 is 1.94 bits per heavy atom. The molecule has 0 radical (unpaired) electrons. The van der Waals surface area contributed by atoms with E-state index >= 15 is 0 Å². The predicted molar refractivity (Wildman–Crippen MR) is 127 cm³/mol. The van der Waals surface area contributed by atoms with Crippen LogP contribution in [0.1, 0.15) is 51.5 Å². The molecule has 33 heavy (non-hydrogen) atoms. The zero-order valence-corrected chi connectivity index (χ0v) is 19.8. The third-order valence-electron chi connectivity index (χ3n) is 6.45. The van der Waals surface area contributed by atoms with Crippen LogP contribution in [0, 0.1) is 0 Å². The van der Waals surface area contributed by atoms with Gasteiger partial charge in [-0.1, -0.05) is 36.6 Å². The second-order valence-electron chi connectivity index (χ2n) is 9.23. The average Bonchev–Trinajstić information content (AvgIpc) is 3.26. The first kappa shape index (κ1) is 23.2. The fourth-order valence-electron chi connectivity index (χ4n) is 4.69. The summed E-state index contributed by atoms with van der Waals surface area (Å²) in [6, 6.07) is 7.36. The molecule has 8 heteroatoms. The zero-order chi connectivity index (χ0) is 23.6. The van der Waals surface area contributed by atoms with Gasteiger partial charge in [-0.05, 0) is 62.1 Å². The predicted octanol–water partition coefficient (Wildman–Crippen LogP) is 3.59. The van der Waals surface area contributed by atoms with Gasteiger partial charge in [-0.2, -0.15) is 4.99 Å². The Hall–Kier alpha value is -2.93. The first-order valence-corrected chi connectivity index (χ1v) is 11.7. The van der Waals surface area contributed by atoms with Crippen molar-refractivity contribution in [1.29, 1.82) is 0 Å². The number of amidine groups is 1. The van der Waals surface area contributed by atoms with Crippen LogP contribution in [0.4, 0.5) is 0 Å². The van der Waals surface area contributed by atoms with Crippen LogP contribution in [-0.2, 0) is 20.9 Å². The molecule has 1 saturated carbocycles. The third-order valence-corrected chi connectivity index (χ3v) is 6.70. The number of carbonyl (C=O) groups is 3. The summed E-state index contributed by atoms with van der Waals surface area (Å²) < 4.78 is 0. The van der Waals surface area contributed by atoms with Gasteiger partial charge in [0.15, 0.2) is 0 Å². The van der Waals surface area contributed by atoms with Gasteiger partial charge in [0.1, 0.15) is 11.4 Å². The summed E-state index contributed by atoms with van der Waals surface area (Å²) in [7, 11) is 0. The first-order valence-electron chi connectivity index (χ1n) is 11.4. The lowest BCUT2D eigenvalue weighted by Crippen LogP contribution is -2.61. The SMILES string of the molecule is CC1=CC2=NC(=O)C[C@@](C)(C(=O)N(CC(=O)NC3CCCC3)Cc3ccc(Cl)cc3)N2C=C1. The first-order chi connectivity index (χ1) is 15.7.